The number of pyridine rings is 1. The fraction of sp³-hybridized carbons (Fsp3) is 0.207. The summed E-state index contributed by atoms with van der Waals surface area (Å²) in [6, 6.07) is 13.0. The first-order valence-electron chi connectivity index (χ1n) is 11.6. The molecule has 8 nitrogen and oxygen atoms in total. The minimum Gasteiger partial charge on any atom is -0.507 e. The zero-order chi connectivity index (χ0) is 26.5. The number of aromatic nitrogens is 1. The van der Waals surface area contributed by atoms with Crippen LogP contribution in [0.2, 0.25) is 0 Å². The molecule has 4 rings (SSSR count). The highest BCUT2D eigenvalue weighted by molar-refractivity contribution is 6.46. The number of aliphatic hydroxyl groups is 1. The third-order valence-corrected chi connectivity index (χ3v) is 6.16. The summed E-state index contributed by atoms with van der Waals surface area (Å²) in [5, 5.41) is 11.5. The second kappa shape index (κ2) is 11.0. The Labute approximate surface area is 215 Å². The molecule has 1 saturated heterocycles. The lowest BCUT2D eigenvalue weighted by Crippen LogP contribution is -2.29. The van der Waals surface area contributed by atoms with Crippen LogP contribution in [0.15, 0.2) is 79.2 Å². The number of aryl methyl sites for hydroxylation is 1. The predicted molar refractivity (Wildman–Crippen MR) is 139 cm³/mol. The number of carbonyl (C=O) groups is 2. The second-order valence-electron chi connectivity index (χ2n) is 8.48. The summed E-state index contributed by atoms with van der Waals surface area (Å²) in [6.45, 7) is 5.90. The molecule has 0 saturated carbocycles. The molecular weight excluding hydrogens is 472 g/mol. The van der Waals surface area contributed by atoms with Crippen LogP contribution in [0.25, 0.3) is 5.76 Å². The molecule has 0 unspecified atom stereocenters. The van der Waals surface area contributed by atoms with Gasteiger partial charge in [0.2, 0.25) is 0 Å². The van der Waals surface area contributed by atoms with Crippen LogP contribution in [0.5, 0.6) is 17.2 Å². The molecule has 1 aromatic heterocycles. The van der Waals surface area contributed by atoms with Crippen LogP contribution in [0.1, 0.15) is 28.3 Å². The molecule has 37 heavy (non-hydrogen) atoms. The Morgan fingerprint density at radius 1 is 1.11 bits per heavy atom. The lowest BCUT2D eigenvalue weighted by Gasteiger charge is -2.26. The molecule has 1 aliphatic rings. The van der Waals surface area contributed by atoms with E-state index in [4.69, 9.17) is 14.2 Å². The Morgan fingerprint density at radius 3 is 2.54 bits per heavy atom. The van der Waals surface area contributed by atoms with Gasteiger partial charge in [-0.15, -0.1) is 0 Å². The maximum atomic E-state index is 13.4. The van der Waals surface area contributed by atoms with Gasteiger partial charge in [0.25, 0.3) is 11.7 Å². The largest absolute Gasteiger partial charge is 0.507 e. The number of ether oxygens (including phenoxy) is 3. The third kappa shape index (κ3) is 5.04. The summed E-state index contributed by atoms with van der Waals surface area (Å²) in [4.78, 5) is 32.2. The number of rotatable bonds is 9. The predicted octanol–water partition coefficient (Wildman–Crippen LogP) is 4.59. The third-order valence-electron chi connectivity index (χ3n) is 6.16. The minimum atomic E-state index is -0.865. The van der Waals surface area contributed by atoms with Gasteiger partial charge in [-0.05, 0) is 60.0 Å². The summed E-state index contributed by atoms with van der Waals surface area (Å²) >= 11 is 0. The highest BCUT2D eigenvalue weighted by atomic mass is 16.5. The Hall–Kier alpha value is -4.59. The molecule has 0 radical (unpaired) electrons. The zero-order valence-corrected chi connectivity index (χ0v) is 20.9. The monoisotopic (exact) mass is 500 g/mol. The summed E-state index contributed by atoms with van der Waals surface area (Å²) in [7, 11) is 3.03. The maximum Gasteiger partial charge on any atom is 0.295 e. The molecule has 1 N–H and O–H groups in total. The van der Waals surface area contributed by atoms with Gasteiger partial charge in [-0.2, -0.15) is 0 Å². The molecular formula is C29H28N2O6. The van der Waals surface area contributed by atoms with E-state index in [-0.39, 0.29) is 17.9 Å². The fourth-order valence-electron chi connectivity index (χ4n) is 4.39. The van der Waals surface area contributed by atoms with Gasteiger partial charge in [-0.3, -0.25) is 14.6 Å². The normalized spacial score (nSPS) is 16.5. The number of carbonyl (C=O) groups excluding carboxylic acids is 2. The molecule has 1 aliphatic heterocycles. The van der Waals surface area contributed by atoms with E-state index in [0.717, 1.165) is 5.56 Å². The van der Waals surface area contributed by atoms with Crippen LogP contribution in [-0.4, -0.2) is 47.5 Å². The summed E-state index contributed by atoms with van der Waals surface area (Å²) in [6.07, 6.45) is 4.90. The number of amides is 1. The second-order valence-corrected chi connectivity index (χ2v) is 8.48. The SMILES string of the molecule is C=CCOc1ccc(C(O)=C2C(=O)C(=O)N(Cc3cccnc3)[C@@H]2c2ccc(OC)c(OC)c2)c(C)c1. The molecule has 0 bridgehead atoms. The smallest absolute Gasteiger partial charge is 0.295 e. The van der Waals surface area contributed by atoms with Gasteiger partial charge in [0.1, 0.15) is 18.1 Å². The van der Waals surface area contributed by atoms with E-state index in [1.54, 1.807) is 67.9 Å². The van der Waals surface area contributed by atoms with E-state index < -0.39 is 17.7 Å². The quantitative estimate of drug-likeness (QED) is 0.199. The molecule has 2 aromatic carbocycles. The van der Waals surface area contributed by atoms with Crippen molar-refractivity contribution >= 4 is 17.4 Å². The van der Waals surface area contributed by atoms with E-state index in [9.17, 15) is 14.7 Å². The topological polar surface area (TPSA) is 98.2 Å². The summed E-state index contributed by atoms with van der Waals surface area (Å²) in [5.74, 6) is -0.211. The molecule has 2 heterocycles. The van der Waals surface area contributed by atoms with Gasteiger partial charge >= 0.3 is 0 Å². The van der Waals surface area contributed by atoms with Crippen molar-refractivity contribution in [2.75, 3.05) is 20.8 Å². The molecule has 190 valence electrons. The van der Waals surface area contributed by atoms with E-state index in [0.29, 0.717) is 40.5 Å². The van der Waals surface area contributed by atoms with Crippen molar-refractivity contribution in [3.63, 3.8) is 0 Å². The van der Waals surface area contributed by atoms with Crippen molar-refractivity contribution in [1.29, 1.82) is 0 Å². The van der Waals surface area contributed by atoms with Crippen molar-refractivity contribution in [2.45, 2.75) is 19.5 Å². The maximum absolute atomic E-state index is 13.4. The van der Waals surface area contributed by atoms with Crippen LogP contribution in [0.4, 0.5) is 0 Å². The lowest BCUT2D eigenvalue weighted by molar-refractivity contribution is -0.140. The Morgan fingerprint density at radius 2 is 1.89 bits per heavy atom. The number of benzene rings is 2. The van der Waals surface area contributed by atoms with Gasteiger partial charge in [-0.25, -0.2) is 0 Å². The molecule has 0 spiro atoms. The molecule has 0 aliphatic carbocycles. The van der Waals surface area contributed by atoms with Gasteiger partial charge in [0.15, 0.2) is 11.5 Å². The Bertz CT molecular complexity index is 1370. The number of Topliss-reactive ketones (excluding diaryl/α,β-unsaturated/α-hetero) is 1. The van der Waals surface area contributed by atoms with Gasteiger partial charge in [0.05, 0.1) is 25.8 Å². The first kappa shape index (κ1) is 25.5. The van der Waals surface area contributed by atoms with Crippen molar-refractivity contribution in [1.82, 2.24) is 9.88 Å². The minimum absolute atomic E-state index is 0.0102. The number of hydrogen-bond acceptors (Lipinski definition) is 7. The van der Waals surface area contributed by atoms with Crippen LogP contribution in [-0.2, 0) is 16.1 Å². The standard InChI is InChI=1S/C29H28N2O6/c1-5-13-37-21-9-10-22(18(2)14-21)27(32)25-26(20-8-11-23(35-3)24(15-20)36-4)31(29(34)28(25)33)17-19-7-6-12-30-16-19/h5-12,14-16,26,32H,1,13,17H2,2-4H3/t26-/m1/s1. The first-order valence-corrected chi connectivity index (χ1v) is 11.6. The first-order chi connectivity index (χ1) is 17.9. The lowest BCUT2D eigenvalue weighted by atomic mass is 9.93. The van der Waals surface area contributed by atoms with Crippen LogP contribution < -0.4 is 14.2 Å². The number of hydrogen-bond donors (Lipinski definition) is 1. The van der Waals surface area contributed by atoms with Crippen LogP contribution >= 0.6 is 0 Å². The molecule has 8 heteroatoms. The Balaban J connectivity index is 1.87. The summed E-state index contributed by atoms with van der Waals surface area (Å²) < 4.78 is 16.4. The number of aliphatic hydroxyl groups excluding tert-OH is 1. The van der Waals surface area contributed by atoms with Crippen molar-refractivity contribution < 1.29 is 28.9 Å². The molecule has 1 fully saturated rings. The average molecular weight is 501 g/mol. The fourth-order valence-corrected chi connectivity index (χ4v) is 4.39. The number of methoxy groups -OCH3 is 2. The van der Waals surface area contributed by atoms with Crippen LogP contribution in [0.3, 0.4) is 0 Å². The van der Waals surface area contributed by atoms with Crippen molar-refractivity contribution in [3.8, 4) is 17.2 Å². The summed E-state index contributed by atoms with van der Waals surface area (Å²) in [5.41, 5.74) is 2.43. The molecule has 3 aromatic rings. The van der Waals surface area contributed by atoms with Crippen molar-refractivity contribution in [3.05, 3.63) is 101 Å². The van der Waals surface area contributed by atoms with Crippen LogP contribution in [0, 0.1) is 6.92 Å². The molecule has 1 amide bonds. The highest BCUT2D eigenvalue weighted by Crippen LogP contribution is 2.43. The van der Waals surface area contributed by atoms with E-state index in [1.165, 1.54) is 19.1 Å². The average Bonchev–Trinajstić information content (AvgIpc) is 3.16. The zero-order valence-electron chi connectivity index (χ0n) is 20.9. The number of likely N-dealkylation sites (tertiary alicyclic amines) is 1. The van der Waals surface area contributed by atoms with E-state index >= 15 is 0 Å². The molecule has 1 atom stereocenters. The van der Waals surface area contributed by atoms with Gasteiger partial charge in [0, 0.05) is 24.5 Å². The van der Waals surface area contributed by atoms with E-state index in [1.807, 2.05) is 6.07 Å². The van der Waals surface area contributed by atoms with Gasteiger partial charge in [-0.1, -0.05) is 24.8 Å². The van der Waals surface area contributed by atoms with Crippen molar-refractivity contribution in [2.24, 2.45) is 0 Å². The Kier molecular flexibility index (Phi) is 7.57. The highest BCUT2D eigenvalue weighted by Gasteiger charge is 2.46. The number of nitrogens with zero attached hydrogens (tertiary/aromatic N) is 2. The number of ketones is 1. The van der Waals surface area contributed by atoms with Gasteiger partial charge < -0.3 is 24.2 Å². The van der Waals surface area contributed by atoms with E-state index in [2.05, 4.69) is 11.6 Å².